The summed E-state index contributed by atoms with van der Waals surface area (Å²) in [5.74, 6) is -1.18. The van der Waals surface area contributed by atoms with Crippen LogP contribution in [-0.4, -0.2) is 53.8 Å². The molecule has 5 rings (SSSR count). The van der Waals surface area contributed by atoms with Crippen LogP contribution in [0.5, 0.6) is 0 Å². The molecule has 0 radical (unpaired) electrons. The predicted molar refractivity (Wildman–Crippen MR) is 152 cm³/mol. The van der Waals surface area contributed by atoms with Crippen LogP contribution in [0.2, 0.25) is 0 Å². The Morgan fingerprint density at radius 1 is 0.951 bits per heavy atom. The Morgan fingerprint density at radius 2 is 1.54 bits per heavy atom. The molecule has 0 spiro atoms. The average molecular weight is 563 g/mol. The van der Waals surface area contributed by atoms with Crippen molar-refractivity contribution in [2.24, 2.45) is 5.92 Å². The molecule has 3 aromatic carbocycles. The van der Waals surface area contributed by atoms with Crippen LogP contribution >= 0.6 is 0 Å². The van der Waals surface area contributed by atoms with Gasteiger partial charge in [0.2, 0.25) is 0 Å². The number of nitrogens with zero attached hydrogens (tertiary/aromatic N) is 2. The molecule has 1 heterocycles. The summed E-state index contributed by atoms with van der Waals surface area (Å²) in [5, 5.41) is 0. The zero-order valence-corrected chi connectivity index (χ0v) is 23.9. The first-order valence-electron chi connectivity index (χ1n) is 14.0. The minimum Gasteiger partial charge on any atom is -0.453 e. The maximum atomic E-state index is 15.1. The van der Waals surface area contributed by atoms with Crippen LogP contribution in [0.4, 0.5) is 18.4 Å². The number of carbonyl (C=O) groups is 2. The Balaban J connectivity index is 1.55. The van der Waals surface area contributed by atoms with E-state index >= 15 is 4.39 Å². The highest BCUT2D eigenvalue weighted by Gasteiger charge is 2.43. The monoisotopic (exact) mass is 562 g/mol. The third-order valence-corrected chi connectivity index (χ3v) is 7.99. The lowest BCUT2D eigenvalue weighted by Crippen LogP contribution is -2.51. The summed E-state index contributed by atoms with van der Waals surface area (Å²) in [6, 6.07) is 18.3. The minimum absolute atomic E-state index is 0.0939. The first-order chi connectivity index (χ1) is 19.6. The van der Waals surface area contributed by atoms with Gasteiger partial charge in [0.15, 0.2) is 0 Å². The van der Waals surface area contributed by atoms with Crippen LogP contribution < -0.4 is 0 Å². The molecule has 3 aromatic rings. The molecule has 0 aromatic heterocycles. The van der Waals surface area contributed by atoms with Crippen LogP contribution in [-0.2, 0) is 15.9 Å². The molecule has 0 bridgehead atoms. The number of hydrogen-bond acceptors (Lipinski definition) is 4. The second-order valence-electron chi connectivity index (χ2n) is 11.8. The molecular formula is C33H36F2N2O4. The lowest BCUT2D eigenvalue weighted by Gasteiger charge is -2.43. The van der Waals surface area contributed by atoms with E-state index in [4.69, 9.17) is 9.47 Å². The fraction of sp³-hybridized carbons (Fsp3) is 0.394. The van der Waals surface area contributed by atoms with Gasteiger partial charge in [0, 0.05) is 19.1 Å². The highest BCUT2D eigenvalue weighted by molar-refractivity contribution is 5.81. The van der Waals surface area contributed by atoms with E-state index in [1.165, 1.54) is 13.2 Å². The van der Waals surface area contributed by atoms with E-state index in [1.807, 2.05) is 69.3 Å². The summed E-state index contributed by atoms with van der Waals surface area (Å²) in [6.45, 7) is 6.33. The first kappa shape index (κ1) is 28.6. The van der Waals surface area contributed by atoms with Gasteiger partial charge >= 0.3 is 12.2 Å². The number of amides is 2. The lowest BCUT2D eigenvalue weighted by molar-refractivity contribution is 0.0103. The predicted octanol–water partition coefficient (Wildman–Crippen LogP) is 7.36. The van der Waals surface area contributed by atoms with E-state index < -0.39 is 35.4 Å². The minimum atomic E-state index is -0.615. The van der Waals surface area contributed by atoms with E-state index in [0.29, 0.717) is 25.9 Å². The van der Waals surface area contributed by atoms with Crippen molar-refractivity contribution in [1.29, 1.82) is 0 Å². The van der Waals surface area contributed by atoms with Gasteiger partial charge in [0.05, 0.1) is 13.2 Å². The van der Waals surface area contributed by atoms with Crippen LogP contribution in [0.15, 0.2) is 66.7 Å². The zero-order chi connectivity index (χ0) is 29.3. The van der Waals surface area contributed by atoms with Crippen molar-refractivity contribution in [1.82, 2.24) is 9.80 Å². The van der Waals surface area contributed by atoms with Crippen molar-refractivity contribution in [3.8, 4) is 11.1 Å². The molecule has 41 heavy (non-hydrogen) atoms. The Kier molecular flexibility index (Phi) is 8.02. The van der Waals surface area contributed by atoms with Gasteiger partial charge in [-0.25, -0.2) is 18.4 Å². The van der Waals surface area contributed by atoms with Gasteiger partial charge in [0.25, 0.3) is 0 Å². The SMILES string of the molecule is COC(=O)N(C1c2ccccc2-c2ccccc21)C(Cc1cc(F)ccc1F)C1CCN(C(=O)OC(C)(C)C)CC1. The van der Waals surface area contributed by atoms with Crippen LogP contribution in [0.3, 0.4) is 0 Å². The van der Waals surface area contributed by atoms with E-state index in [2.05, 4.69) is 0 Å². The van der Waals surface area contributed by atoms with E-state index in [9.17, 15) is 14.0 Å². The molecule has 0 saturated carbocycles. The fourth-order valence-corrected chi connectivity index (χ4v) is 6.18. The molecule has 8 heteroatoms. The van der Waals surface area contributed by atoms with Gasteiger partial charge in [-0.1, -0.05) is 48.5 Å². The van der Waals surface area contributed by atoms with Crippen molar-refractivity contribution >= 4 is 12.2 Å². The smallest absolute Gasteiger partial charge is 0.410 e. The van der Waals surface area contributed by atoms with Crippen molar-refractivity contribution in [3.63, 3.8) is 0 Å². The number of benzene rings is 3. The summed E-state index contributed by atoms with van der Waals surface area (Å²) in [4.78, 5) is 29.9. The third kappa shape index (κ3) is 5.92. The van der Waals surface area contributed by atoms with Gasteiger partial charge in [-0.05, 0) is 92.0 Å². The number of piperidine rings is 1. The van der Waals surface area contributed by atoms with Crippen LogP contribution in [0.1, 0.15) is 56.3 Å². The second kappa shape index (κ2) is 11.5. The third-order valence-electron chi connectivity index (χ3n) is 7.99. The molecule has 1 saturated heterocycles. The second-order valence-corrected chi connectivity index (χ2v) is 11.8. The topological polar surface area (TPSA) is 59.1 Å². The van der Waals surface area contributed by atoms with Crippen molar-refractivity contribution in [3.05, 3.63) is 95.1 Å². The number of carbonyl (C=O) groups excluding carboxylic acids is 2. The lowest BCUT2D eigenvalue weighted by atomic mass is 9.83. The molecular weight excluding hydrogens is 526 g/mol. The van der Waals surface area contributed by atoms with Crippen molar-refractivity contribution < 1.29 is 27.8 Å². The number of fused-ring (bicyclic) bond motifs is 3. The Bertz CT molecular complexity index is 1380. The van der Waals surface area contributed by atoms with E-state index in [1.54, 1.807) is 9.80 Å². The number of likely N-dealkylation sites (tertiary alicyclic amines) is 1. The highest BCUT2D eigenvalue weighted by Crippen LogP contribution is 2.48. The van der Waals surface area contributed by atoms with Gasteiger partial charge in [-0.15, -0.1) is 0 Å². The summed E-state index contributed by atoms with van der Waals surface area (Å²) in [6.07, 6.45) is 0.288. The van der Waals surface area contributed by atoms with Gasteiger partial charge < -0.3 is 14.4 Å². The molecule has 1 atom stereocenters. The first-order valence-corrected chi connectivity index (χ1v) is 14.0. The molecule has 1 fully saturated rings. The Hall–Kier alpha value is -3.94. The number of rotatable bonds is 5. The van der Waals surface area contributed by atoms with Gasteiger partial charge in [0.1, 0.15) is 17.2 Å². The number of halogens is 2. The fourth-order valence-electron chi connectivity index (χ4n) is 6.18. The molecule has 216 valence electrons. The summed E-state index contributed by atoms with van der Waals surface area (Å²) < 4.78 is 40.3. The maximum absolute atomic E-state index is 15.1. The number of ether oxygens (including phenoxy) is 2. The molecule has 2 amide bonds. The molecule has 2 aliphatic rings. The standard InChI is InChI=1S/C33H36F2N2O4/c1-33(2,3)41-31(38)36-17-15-21(16-18-36)29(20-22-19-23(34)13-14-28(22)35)37(32(39)40-4)30-26-11-7-5-9-24(26)25-10-6-8-12-27(25)30/h5-14,19,21,29-30H,15-18,20H2,1-4H3. The molecule has 1 unspecified atom stereocenters. The number of hydrogen-bond donors (Lipinski definition) is 0. The average Bonchev–Trinajstić information content (AvgIpc) is 3.28. The molecule has 1 aliphatic carbocycles. The Labute approximate surface area is 239 Å². The zero-order valence-electron chi connectivity index (χ0n) is 23.9. The quantitative estimate of drug-likeness (QED) is 0.326. The highest BCUT2D eigenvalue weighted by atomic mass is 19.1. The van der Waals surface area contributed by atoms with Crippen LogP contribution in [0, 0.1) is 17.6 Å². The summed E-state index contributed by atoms with van der Waals surface area (Å²) >= 11 is 0. The molecule has 1 aliphatic heterocycles. The van der Waals surface area contributed by atoms with E-state index in [0.717, 1.165) is 34.4 Å². The van der Waals surface area contributed by atoms with Gasteiger partial charge in [-0.3, -0.25) is 4.90 Å². The molecule has 6 nitrogen and oxygen atoms in total. The molecule has 0 N–H and O–H groups in total. The summed E-state index contributed by atoms with van der Waals surface area (Å²) in [5.41, 5.74) is 3.54. The van der Waals surface area contributed by atoms with Crippen molar-refractivity contribution in [2.75, 3.05) is 20.2 Å². The maximum Gasteiger partial charge on any atom is 0.410 e. The number of methoxy groups -OCH3 is 1. The van der Waals surface area contributed by atoms with E-state index in [-0.39, 0.29) is 24.0 Å². The van der Waals surface area contributed by atoms with Crippen LogP contribution in [0.25, 0.3) is 11.1 Å². The summed E-state index contributed by atoms with van der Waals surface area (Å²) in [7, 11) is 1.34. The Morgan fingerprint density at radius 3 is 2.10 bits per heavy atom. The normalized spacial score (nSPS) is 16.1. The van der Waals surface area contributed by atoms with Crippen molar-refractivity contribution in [2.45, 2.75) is 57.7 Å². The van der Waals surface area contributed by atoms with Gasteiger partial charge in [-0.2, -0.15) is 0 Å². The largest absolute Gasteiger partial charge is 0.453 e.